The Kier molecular flexibility index (Phi) is 6.16. The van der Waals surface area contributed by atoms with Crippen LogP contribution < -0.4 is 4.90 Å². The summed E-state index contributed by atoms with van der Waals surface area (Å²) in [5, 5.41) is 19.3. The highest BCUT2D eigenvalue weighted by Crippen LogP contribution is 2.37. The summed E-state index contributed by atoms with van der Waals surface area (Å²) in [5.41, 5.74) is 3.20. The minimum Gasteiger partial charge on any atom is -0.444 e. The lowest BCUT2D eigenvalue weighted by molar-refractivity contribution is 0.0111. The Morgan fingerprint density at radius 2 is 2.00 bits per heavy atom. The zero-order valence-electron chi connectivity index (χ0n) is 22.9. The third kappa shape index (κ3) is 4.41. The predicted octanol–water partition coefficient (Wildman–Crippen LogP) is 5.34. The van der Waals surface area contributed by atoms with E-state index in [0.717, 1.165) is 28.4 Å². The number of aromatic nitrogens is 4. The summed E-state index contributed by atoms with van der Waals surface area (Å²) in [5.74, 6) is -0.820. The van der Waals surface area contributed by atoms with E-state index in [4.69, 9.17) is 9.84 Å². The average Bonchev–Trinajstić information content (AvgIpc) is 3.48. The SMILES string of the molecule is C[C@@H]1CN(c2ccc(C#N)n3ncc(F)c23)Cc2c3ccc([C@@H]4CCN(C(=O)OC(C)(C)C)C[C@@H]4F)cc3nn21. The van der Waals surface area contributed by atoms with Gasteiger partial charge in [-0.3, -0.25) is 4.68 Å². The average molecular weight is 548 g/mol. The van der Waals surface area contributed by atoms with Crippen LogP contribution in [0.4, 0.5) is 19.3 Å². The second kappa shape index (κ2) is 9.47. The molecule has 2 aliphatic heterocycles. The molecule has 5 heterocycles. The Morgan fingerprint density at radius 3 is 2.73 bits per heavy atom. The van der Waals surface area contributed by atoms with E-state index in [2.05, 4.69) is 23.0 Å². The number of anilines is 1. The van der Waals surface area contributed by atoms with E-state index in [0.29, 0.717) is 31.7 Å². The summed E-state index contributed by atoms with van der Waals surface area (Å²) in [6.45, 7) is 8.95. The number of carbonyl (C=O) groups is 1. The number of ether oxygens (including phenoxy) is 1. The normalized spacial score (nSPS) is 21.5. The van der Waals surface area contributed by atoms with Crippen LogP contribution in [0, 0.1) is 17.1 Å². The summed E-state index contributed by atoms with van der Waals surface area (Å²) >= 11 is 0. The Morgan fingerprint density at radius 1 is 1.20 bits per heavy atom. The second-order valence-electron chi connectivity index (χ2n) is 11.7. The molecule has 1 aromatic carbocycles. The molecule has 11 heteroatoms. The second-order valence-corrected chi connectivity index (χ2v) is 11.7. The highest BCUT2D eigenvalue weighted by Gasteiger charge is 2.35. The topological polar surface area (TPSA) is 91.7 Å². The van der Waals surface area contributed by atoms with Crippen molar-refractivity contribution in [2.75, 3.05) is 24.5 Å². The van der Waals surface area contributed by atoms with Gasteiger partial charge in [-0.2, -0.15) is 15.5 Å². The molecule has 40 heavy (non-hydrogen) atoms. The molecule has 3 aromatic heterocycles. The molecule has 208 valence electrons. The fraction of sp³-hybridized carbons (Fsp3) is 0.448. The van der Waals surface area contributed by atoms with Gasteiger partial charge in [-0.1, -0.05) is 12.1 Å². The number of rotatable bonds is 2. The number of nitriles is 1. The molecule has 0 unspecified atom stereocenters. The number of hydrogen-bond donors (Lipinski definition) is 0. The number of halogens is 2. The van der Waals surface area contributed by atoms with Crippen LogP contribution in [0.5, 0.6) is 0 Å². The van der Waals surface area contributed by atoms with Crippen LogP contribution in [-0.4, -0.2) is 61.8 Å². The first kappa shape index (κ1) is 26.0. The van der Waals surface area contributed by atoms with E-state index in [1.807, 2.05) is 22.9 Å². The van der Waals surface area contributed by atoms with Crippen LogP contribution in [0.1, 0.15) is 63.0 Å². The Labute approximate surface area is 230 Å². The largest absolute Gasteiger partial charge is 0.444 e. The number of carbonyl (C=O) groups excluding carboxylic acids is 1. The fourth-order valence-corrected chi connectivity index (χ4v) is 5.92. The molecule has 0 saturated carbocycles. The van der Waals surface area contributed by atoms with Crippen LogP contribution in [0.15, 0.2) is 36.5 Å². The van der Waals surface area contributed by atoms with Gasteiger partial charge in [-0.25, -0.2) is 18.1 Å². The highest BCUT2D eigenvalue weighted by atomic mass is 19.1. The van der Waals surface area contributed by atoms with Crippen LogP contribution >= 0.6 is 0 Å². The molecule has 2 aliphatic rings. The zero-order chi connectivity index (χ0) is 28.3. The minimum atomic E-state index is -1.21. The van der Waals surface area contributed by atoms with Crippen molar-refractivity contribution in [1.29, 1.82) is 5.26 Å². The van der Waals surface area contributed by atoms with Crippen LogP contribution in [0.3, 0.4) is 0 Å². The number of likely N-dealkylation sites (tertiary alicyclic amines) is 1. The Bertz CT molecular complexity index is 1660. The lowest BCUT2D eigenvalue weighted by Crippen LogP contribution is -2.46. The van der Waals surface area contributed by atoms with Crippen LogP contribution in [0.2, 0.25) is 0 Å². The maximum atomic E-state index is 15.4. The zero-order valence-corrected chi connectivity index (χ0v) is 22.9. The molecule has 1 amide bonds. The van der Waals surface area contributed by atoms with E-state index < -0.39 is 23.7 Å². The molecule has 6 rings (SSSR count). The maximum Gasteiger partial charge on any atom is 0.410 e. The van der Waals surface area contributed by atoms with Gasteiger partial charge in [-0.15, -0.1) is 0 Å². The summed E-state index contributed by atoms with van der Waals surface area (Å²) in [6.07, 6.45) is -0.0750. The van der Waals surface area contributed by atoms with Crippen LogP contribution in [-0.2, 0) is 11.3 Å². The van der Waals surface area contributed by atoms with Gasteiger partial charge < -0.3 is 14.5 Å². The molecule has 0 spiro atoms. The number of benzene rings is 1. The lowest BCUT2D eigenvalue weighted by Gasteiger charge is -2.35. The number of alkyl halides is 1. The van der Waals surface area contributed by atoms with Gasteiger partial charge in [-0.05, 0) is 57.9 Å². The fourth-order valence-electron chi connectivity index (χ4n) is 5.92. The van der Waals surface area contributed by atoms with Gasteiger partial charge in [0.15, 0.2) is 5.82 Å². The summed E-state index contributed by atoms with van der Waals surface area (Å²) in [4.78, 5) is 16.0. The number of pyridine rings is 1. The van der Waals surface area contributed by atoms with Gasteiger partial charge in [0.1, 0.15) is 29.1 Å². The highest BCUT2D eigenvalue weighted by molar-refractivity contribution is 5.84. The number of fused-ring (bicyclic) bond motifs is 4. The van der Waals surface area contributed by atoms with Gasteiger partial charge in [0, 0.05) is 24.4 Å². The number of hydrogen-bond acceptors (Lipinski definition) is 6. The molecule has 3 atom stereocenters. The van der Waals surface area contributed by atoms with Crippen LogP contribution in [0.25, 0.3) is 16.4 Å². The minimum absolute atomic E-state index is 0.00643. The van der Waals surface area contributed by atoms with E-state index in [9.17, 15) is 14.4 Å². The van der Waals surface area contributed by atoms with Gasteiger partial charge in [0.05, 0.1) is 42.2 Å². The standard InChI is InChI=1S/C29H31F2N7O2/c1-17-14-36(25-8-6-19(12-32)38-27(25)22(30)13-33-38)16-26-21-7-5-18(11-24(21)34-37(17)26)20-9-10-35(15-23(20)31)28(39)40-29(2,3)4/h5-8,11,13,17,20,23H,9-10,14-16H2,1-4H3/t17-,20+,23+/m1/s1. The summed E-state index contributed by atoms with van der Waals surface area (Å²) < 4.78 is 38.9. The van der Waals surface area contributed by atoms with E-state index >= 15 is 4.39 Å². The smallest absolute Gasteiger partial charge is 0.410 e. The summed E-state index contributed by atoms with van der Waals surface area (Å²) in [7, 11) is 0. The molecule has 0 aliphatic carbocycles. The molecule has 0 N–H and O–H groups in total. The summed E-state index contributed by atoms with van der Waals surface area (Å²) in [6, 6.07) is 11.4. The Balaban J connectivity index is 1.27. The lowest BCUT2D eigenvalue weighted by atomic mass is 9.87. The molecular weight excluding hydrogens is 516 g/mol. The number of amides is 1. The molecular formula is C29H31F2N7O2. The van der Waals surface area contributed by atoms with E-state index in [1.165, 1.54) is 9.42 Å². The molecule has 1 saturated heterocycles. The van der Waals surface area contributed by atoms with Gasteiger partial charge in [0.2, 0.25) is 0 Å². The Hall–Kier alpha value is -4.20. The van der Waals surface area contributed by atoms with Crippen molar-refractivity contribution >= 4 is 28.2 Å². The van der Waals surface area contributed by atoms with E-state index in [-0.39, 0.29) is 29.7 Å². The van der Waals surface area contributed by atoms with Crippen molar-refractivity contribution in [3.05, 3.63) is 59.3 Å². The van der Waals surface area contributed by atoms with Crippen molar-refractivity contribution in [3.63, 3.8) is 0 Å². The first-order valence-electron chi connectivity index (χ1n) is 13.5. The van der Waals surface area contributed by atoms with Crippen molar-refractivity contribution < 1.29 is 18.3 Å². The molecule has 9 nitrogen and oxygen atoms in total. The van der Waals surface area contributed by atoms with E-state index in [1.54, 1.807) is 32.9 Å². The quantitative estimate of drug-likeness (QED) is 0.337. The van der Waals surface area contributed by atoms with Crippen molar-refractivity contribution in [1.82, 2.24) is 24.3 Å². The number of piperidine rings is 1. The molecule has 0 radical (unpaired) electrons. The van der Waals surface area contributed by atoms with Gasteiger partial charge in [0.25, 0.3) is 0 Å². The van der Waals surface area contributed by atoms with Crippen molar-refractivity contribution in [2.45, 2.75) is 64.4 Å². The molecule has 1 fully saturated rings. The van der Waals surface area contributed by atoms with Crippen molar-refractivity contribution in [3.8, 4) is 6.07 Å². The predicted molar refractivity (Wildman–Crippen MR) is 145 cm³/mol. The third-order valence-electron chi connectivity index (χ3n) is 7.74. The number of nitrogens with zero attached hydrogens (tertiary/aromatic N) is 7. The van der Waals surface area contributed by atoms with Crippen molar-refractivity contribution in [2.24, 2.45) is 0 Å². The molecule has 4 aromatic rings. The van der Waals surface area contributed by atoms with Gasteiger partial charge >= 0.3 is 6.09 Å². The monoisotopic (exact) mass is 547 g/mol. The maximum absolute atomic E-state index is 15.4. The first-order chi connectivity index (χ1) is 19.0. The third-order valence-corrected chi connectivity index (χ3v) is 7.74. The molecule has 0 bridgehead atoms. The first-order valence-corrected chi connectivity index (χ1v) is 13.5.